The Kier molecular flexibility index (Phi) is 25.8. The molecule has 2 nitrogen and oxygen atoms in total. The van der Waals surface area contributed by atoms with Crippen LogP contribution >= 0.6 is 0 Å². The fourth-order valence-corrected chi connectivity index (χ4v) is 0. The number of carboxylic acid groups (broad SMARTS) is 1. The van der Waals surface area contributed by atoms with Crippen LogP contribution in [0.3, 0.4) is 0 Å². The summed E-state index contributed by atoms with van der Waals surface area (Å²) in [7, 11) is 0. The molecule has 0 aliphatic carbocycles. The van der Waals surface area contributed by atoms with Gasteiger partial charge >= 0.3 is 82.1 Å². The van der Waals surface area contributed by atoms with Gasteiger partial charge < -0.3 is 0 Å². The molecule has 0 fully saturated rings. The van der Waals surface area contributed by atoms with E-state index in [1.54, 1.807) is 0 Å². The topological polar surface area (TPSA) is 37.3 Å². The Labute approximate surface area is 81.1 Å². The molecule has 5 heteroatoms. The Bertz CT molecular complexity index is 36.5. The van der Waals surface area contributed by atoms with E-state index in [0.717, 1.165) is 16.9 Å². The molecule has 0 saturated carbocycles. The Morgan fingerprint density at radius 1 is 1.67 bits per heavy atom. The fourth-order valence-electron chi connectivity index (χ4n) is 0. The van der Waals surface area contributed by atoms with E-state index in [1.807, 2.05) is 0 Å². The van der Waals surface area contributed by atoms with Crippen molar-refractivity contribution in [3.63, 3.8) is 0 Å². The molecule has 0 saturated heterocycles. The summed E-state index contributed by atoms with van der Waals surface area (Å²) >= 11 is 1.08. The van der Waals surface area contributed by atoms with E-state index in [-0.39, 0.29) is 50.6 Å². The van der Waals surface area contributed by atoms with Crippen molar-refractivity contribution in [1.82, 2.24) is 0 Å². The number of rotatable bonds is 0. The van der Waals surface area contributed by atoms with Crippen LogP contribution in [-0.2, 0) is 0 Å². The molecule has 4 radical (unpaired) electrons. The summed E-state index contributed by atoms with van der Waals surface area (Å²) in [5, 5.41) is 7.42. The molecule has 0 unspecified atom stereocenters. The van der Waals surface area contributed by atoms with Gasteiger partial charge in [-0.15, -0.1) is 0 Å². The minimum atomic E-state index is -0.833. The predicted molar refractivity (Wildman–Crippen MR) is 30.9 cm³/mol. The Morgan fingerprint density at radius 2 is 1.67 bits per heavy atom. The van der Waals surface area contributed by atoms with Crippen LogP contribution in [0.25, 0.3) is 0 Å². The maximum absolute atomic E-state index is 9.00. The van der Waals surface area contributed by atoms with Gasteiger partial charge in [0, 0.05) is 0 Å². The molecule has 0 aliphatic heterocycles. The van der Waals surface area contributed by atoms with Gasteiger partial charge in [0.15, 0.2) is 0 Å². The molecular weight excluding hydrogens is 450 g/mol. The minimum absolute atomic E-state index is 0. The molecule has 0 heterocycles. The van der Waals surface area contributed by atoms with Gasteiger partial charge in [0.1, 0.15) is 0 Å². The molecule has 1 N–H and O–H groups in total. The molecule has 0 aromatic carbocycles. The maximum atomic E-state index is 9.00. The third kappa shape index (κ3) is 42.8. The van der Waals surface area contributed by atoms with Crippen LogP contribution in [0.1, 0.15) is 0 Å². The van der Waals surface area contributed by atoms with Crippen molar-refractivity contribution in [3.8, 4) is 0 Å². The summed E-state index contributed by atoms with van der Waals surface area (Å²) in [5.41, 5.74) is 0. The van der Waals surface area contributed by atoms with E-state index < -0.39 is 4.76 Å². The van der Waals surface area contributed by atoms with Crippen molar-refractivity contribution < 1.29 is 9.90 Å². The van der Waals surface area contributed by atoms with Gasteiger partial charge in [0.25, 0.3) is 0 Å². The molecule has 0 aromatic heterocycles. The molecular formula is CH5AsBiO2Sb. The van der Waals surface area contributed by atoms with Crippen LogP contribution in [0.2, 0.25) is 0 Å². The first-order valence-corrected chi connectivity index (χ1v) is 1.73. The van der Waals surface area contributed by atoms with E-state index in [1.165, 1.54) is 0 Å². The molecule has 6 heavy (non-hydrogen) atoms. The van der Waals surface area contributed by atoms with Crippen LogP contribution in [0, 0.1) is 0 Å². The third-order valence-electron chi connectivity index (χ3n) is 0. The second kappa shape index (κ2) is 9.88. The molecule has 0 amide bonds. The summed E-state index contributed by atoms with van der Waals surface area (Å²) in [6.45, 7) is 0. The van der Waals surface area contributed by atoms with Crippen molar-refractivity contribution in [2.45, 2.75) is 0 Å². The Balaban J connectivity index is -0.0000000450. The zero-order valence-corrected chi connectivity index (χ0v) is 12.4. The normalized spacial score (nSPS) is 4.17. The molecule has 0 rings (SSSR count). The quantitative estimate of drug-likeness (QED) is 0.430. The summed E-state index contributed by atoms with van der Waals surface area (Å²) in [6.07, 6.45) is 0. The number of hydrogen-bond donors (Lipinski definition) is 1. The average molecular weight is 455 g/mol. The van der Waals surface area contributed by atoms with Crippen LogP contribution in [0.15, 0.2) is 0 Å². The van der Waals surface area contributed by atoms with E-state index in [2.05, 4.69) is 0 Å². The van der Waals surface area contributed by atoms with Crippen LogP contribution in [-0.4, -0.2) is 77.3 Å². The van der Waals surface area contributed by atoms with Gasteiger partial charge in [0.2, 0.25) is 0 Å². The first-order valence-electron chi connectivity index (χ1n) is 0.678. The van der Waals surface area contributed by atoms with E-state index >= 15 is 0 Å². The zero-order valence-electron chi connectivity index (χ0n) is 2.93. The van der Waals surface area contributed by atoms with Gasteiger partial charge in [-0.3, -0.25) is 0 Å². The molecule has 36 valence electrons. The SMILES string of the molecule is O=C(O)[AsH].[BiH2].[SbH]. The summed E-state index contributed by atoms with van der Waals surface area (Å²) in [4.78, 5) is 9.00. The zero-order chi connectivity index (χ0) is 3.58. The predicted octanol–water partition coefficient (Wildman–Crippen LogP) is -2.00. The van der Waals surface area contributed by atoms with E-state index in [0.29, 0.717) is 0 Å². The summed E-state index contributed by atoms with van der Waals surface area (Å²) < 4.78 is -0.833. The molecule has 0 atom stereocenters. The van der Waals surface area contributed by atoms with Crippen molar-refractivity contribution >= 4 is 72.2 Å². The molecule has 0 bridgehead atoms. The van der Waals surface area contributed by atoms with Gasteiger partial charge in [-0.05, 0) is 0 Å². The molecule has 0 spiro atoms. The fraction of sp³-hybridized carbons (Fsp3) is 0. The standard InChI is InChI=1S/CH2AsO2.Bi.Sb.3H/c2-1(3)4;;;;;/h2H,(H,3,4);;;;;. The second-order valence-corrected chi connectivity index (χ2v) is 1.20. The molecule has 0 aliphatic rings. The first-order chi connectivity index (χ1) is 1.73. The van der Waals surface area contributed by atoms with E-state index in [4.69, 9.17) is 9.90 Å². The Hall–Kier alpha value is 1.73. The van der Waals surface area contributed by atoms with Gasteiger partial charge in [0.05, 0.1) is 0 Å². The summed E-state index contributed by atoms with van der Waals surface area (Å²) in [6, 6.07) is 0. The number of carbonyl (C=O) groups is 1. The van der Waals surface area contributed by atoms with Crippen LogP contribution < -0.4 is 0 Å². The Morgan fingerprint density at radius 3 is 1.67 bits per heavy atom. The monoisotopic (exact) mass is 454 g/mol. The average Bonchev–Trinajstić information content (AvgIpc) is 0.811. The van der Waals surface area contributed by atoms with Crippen molar-refractivity contribution in [1.29, 1.82) is 0 Å². The second-order valence-electron chi connectivity index (χ2n) is 0.305. The van der Waals surface area contributed by atoms with Crippen LogP contribution in [0.4, 0.5) is 4.79 Å². The third-order valence-corrected chi connectivity index (χ3v) is 0. The van der Waals surface area contributed by atoms with Crippen molar-refractivity contribution in [3.05, 3.63) is 0 Å². The summed E-state index contributed by atoms with van der Waals surface area (Å²) in [5.74, 6) is 0. The van der Waals surface area contributed by atoms with Crippen LogP contribution in [0.5, 0.6) is 0 Å². The molecule has 0 aromatic rings. The van der Waals surface area contributed by atoms with Gasteiger partial charge in [-0.2, -0.15) is 0 Å². The van der Waals surface area contributed by atoms with Crippen molar-refractivity contribution in [2.75, 3.05) is 0 Å². The van der Waals surface area contributed by atoms with Gasteiger partial charge in [-0.1, -0.05) is 0 Å². The van der Waals surface area contributed by atoms with Crippen molar-refractivity contribution in [2.24, 2.45) is 0 Å². The number of hydrogen-bond acceptors (Lipinski definition) is 1. The van der Waals surface area contributed by atoms with E-state index in [9.17, 15) is 0 Å². The van der Waals surface area contributed by atoms with Gasteiger partial charge in [-0.25, -0.2) is 0 Å². The first kappa shape index (κ1) is 15.6.